The van der Waals surface area contributed by atoms with Crippen molar-refractivity contribution in [3.63, 3.8) is 0 Å². The highest BCUT2D eigenvalue weighted by Gasteiger charge is 2.39. The van der Waals surface area contributed by atoms with Crippen molar-refractivity contribution >= 4 is 29.9 Å². The Hall–Kier alpha value is -0.880. The van der Waals surface area contributed by atoms with Crippen LogP contribution >= 0.6 is 24.0 Å². The van der Waals surface area contributed by atoms with Gasteiger partial charge in [-0.15, -0.1) is 12.4 Å². The van der Waals surface area contributed by atoms with Gasteiger partial charge in [-0.05, 0) is 49.9 Å². The topological polar surface area (TPSA) is 61.4 Å². The SMILES string of the molecule is Cl.O=C(N[C@H]1C[C@H]2CNC[C@H]2C[C@@H]1O)c1c(F)cccc1Cl. The van der Waals surface area contributed by atoms with E-state index in [0.717, 1.165) is 13.1 Å². The number of halogens is 3. The van der Waals surface area contributed by atoms with E-state index >= 15 is 0 Å². The summed E-state index contributed by atoms with van der Waals surface area (Å²) < 4.78 is 13.7. The molecule has 0 spiro atoms. The summed E-state index contributed by atoms with van der Waals surface area (Å²) >= 11 is 5.89. The van der Waals surface area contributed by atoms with Crippen LogP contribution in [0.5, 0.6) is 0 Å². The van der Waals surface area contributed by atoms with Crippen molar-refractivity contribution in [2.75, 3.05) is 13.1 Å². The van der Waals surface area contributed by atoms with Crippen molar-refractivity contribution in [1.29, 1.82) is 0 Å². The van der Waals surface area contributed by atoms with E-state index in [1.807, 2.05) is 0 Å². The number of aliphatic hydroxyl groups is 1. The molecule has 3 N–H and O–H groups in total. The molecule has 1 saturated carbocycles. The minimum absolute atomic E-state index is 0. The van der Waals surface area contributed by atoms with E-state index in [9.17, 15) is 14.3 Å². The zero-order valence-electron chi connectivity index (χ0n) is 11.9. The maximum atomic E-state index is 13.7. The fourth-order valence-corrected chi connectivity index (χ4v) is 3.66. The summed E-state index contributed by atoms with van der Waals surface area (Å²) in [4.78, 5) is 12.2. The summed E-state index contributed by atoms with van der Waals surface area (Å²) in [5.74, 6) is -0.294. The Kier molecular flexibility index (Phi) is 5.66. The number of amides is 1. The first-order chi connectivity index (χ1) is 10.1. The summed E-state index contributed by atoms with van der Waals surface area (Å²) in [5, 5.41) is 16.3. The Morgan fingerprint density at radius 3 is 2.68 bits per heavy atom. The highest BCUT2D eigenvalue weighted by molar-refractivity contribution is 6.33. The molecule has 0 bridgehead atoms. The molecule has 1 heterocycles. The number of nitrogens with one attached hydrogen (secondary N) is 2. The zero-order valence-corrected chi connectivity index (χ0v) is 13.5. The fraction of sp³-hybridized carbons (Fsp3) is 0.533. The average molecular weight is 349 g/mol. The molecule has 0 radical (unpaired) electrons. The second kappa shape index (κ2) is 7.13. The van der Waals surface area contributed by atoms with Crippen molar-refractivity contribution in [2.45, 2.75) is 25.0 Å². The summed E-state index contributed by atoms with van der Waals surface area (Å²) in [6.07, 6.45) is 0.769. The van der Waals surface area contributed by atoms with Crippen LogP contribution in [0.1, 0.15) is 23.2 Å². The van der Waals surface area contributed by atoms with Gasteiger partial charge in [0.2, 0.25) is 0 Å². The maximum absolute atomic E-state index is 13.7. The quantitative estimate of drug-likeness (QED) is 0.765. The van der Waals surface area contributed by atoms with Gasteiger partial charge in [0.05, 0.1) is 22.7 Å². The van der Waals surface area contributed by atoms with Gasteiger partial charge in [-0.2, -0.15) is 0 Å². The molecule has 1 saturated heterocycles. The molecule has 22 heavy (non-hydrogen) atoms. The summed E-state index contributed by atoms with van der Waals surface area (Å²) in [6, 6.07) is 3.79. The molecule has 2 fully saturated rings. The Bertz CT molecular complexity index is 538. The van der Waals surface area contributed by atoms with Crippen LogP contribution in [0.25, 0.3) is 0 Å². The van der Waals surface area contributed by atoms with Crippen molar-refractivity contribution in [3.8, 4) is 0 Å². The number of hydrogen-bond acceptors (Lipinski definition) is 3. The maximum Gasteiger partial charge on any atom is 0.256 e. The first kappa shape index (κ1) is 17.5. The van der Waals surface area contributed by atoms with Gasteiger partial charge >= 0.3 is 0 Å². The van der Waals surface area contributed by atoms with Crippen molar-refractivity contribution in [2.24, 2.45) is 11.8 Å². The Morgan fingerprint density at radius 2 is 2.00 bits per heavy atom. The second-order valence-corrected chi connectivity index (χ2v) is 6.30. The van der Waals surface area contributed by atoms with Crippen molar-refractivity contribution in [1.82, 2.24) is 10.6 Å². The first-order valence-electron chi connectivity index (χ1n) is 7.20. The number of benzene rings is 1. The number of rotatable bonds is 2. The van der Waals surface area contributed by atoms with Gasteiger partial charge in [0.25, 0.3) is 5.91 Å². The third-order valence-corrected chi connectivity index (χ3v) is 4.87. The van der Waals surface area contributed by atoms with Gasteiger partial charge in [-0.3, -0.25) is 4.79 Å². The lowest BCUT2D eigenvalue weighted by atomic mass is 9.77. The van der Waals surface area contributed by atoms with E-state index in [2.05, 4.69) is 10.6 Å². The summed E-state index contributed by atoms with van der Waals surface area (Å²) in [7, 11) is 0. The van der Waals surface area contributed by atoms with Crippen LogP contribution in [-0.2, 0) is 0 Å². The average Bonchev–Trinajstić information content (AvgIpc) is 2.86. The second-order valence-electron chi connectivity index (χ2n) is 5.89. The van der Waals surface area contributed by atoms with Crippen LogP contribution in [0, 0.1) is 17.7 Å². The lowest BCUT2D eigenvalue weighted by Gasteiger charge is -2.35. The molecule has 1 aliphatic heterocycles. The molecule has 3 rings (SSSR count). The number of carbonyl (C=O) groups is 1. The van der Waals surface area contributed by atoms with Crippen LogP contribution in [0.4, 0.5) is 4.39 Å². The molecule has 4 nitrogen and oxygen atoms in total. The highest BCUT2D eigenvalue weighted by Crippen LogP contribution is 2.33. The van der Waals surface area contributed by atoms with E-state index in [1.165, 1.54) is 18.2 Å². The molecule has 7 heteroatoms. The van der Waals surface area contributed by atoms with E-state index in [0.29, 0.717) is 24.7 Å². The van der Waals surface area contributed by atoms with Gasteiger partial charge in [-0.1, -0.05) is 17.7 Å². The van der Waals surface area contributed by atoms with Crippen LogP contribution < -0.4 is 10.6 Å². The predicted molar refractivity (Wildman–Crippen MR) is 85.0 cm³/mol. The monoisotopic (exact) mass is 348 g/mol. The molecular formula is C15H19Cl2FN2O2. The van der Waals surface area contributed by atoms with E-state index < -0.39 is 17.8 Å². The molecule has 0 unspecified atom stereocenters. The lowest BCUT2D eigenvalue weighted by molar-refractivity contribution is 0.0460. The van der Waals surface area contributed by atoms with Gasteiger partial charge in [0, 0.05) is 0 Å². The minimum atomic E-state index is -0.647. The van der Waals surface area contributed by atoms with Gasteiger partial charge < -0.3 is 15.7 Å². The van der Waals surface area contributed by atoms with Crippen LogP contribution in [0.3, 0.4) is 0 Å². The molecule has 4 atom stereocenters. The standard InChI is InChI=1S/C15H18ClFN2O2.ClH/c16-10-2-1-3-11(17)14(10)15(21)19-12-4-8-6-18-7-9(8)5-13(12)20;/h1-3,8-9,12-13,18,20H,4-7H2,(H,19,21);1H/t8-,9+,12-,13-;/m0./s1. The molecule has 2 aliphatic rings. The van der Waals surface area contributed by atoms with Crippen LogP contribution in [0.15, 0.2) is 18.2 Å². The predicted octanol–water partition coefficient (Wildman–Crippen LogP) is 1.99. The molecule has 0 aromatic heterocycles. The lowest BCUT2D eigenvalue weighted by Crippen LogP contribution is -2.49. The van der Waals surface area contributed by atoms with Crippen molar-refractivity contribution in [3.05, 3.63) is 34.6 Å². The smallest absolute Gasteiger partial charge is 0.256 e. The normalized spacial score (nSPS) is 30.3. The minimum Gasteiger partial charge on any atom is -0.391 e. The number of fused-ring (bicyclic) bond motifs is 1. The Balaban J connectivity index is 0.00000176. The molecule has 1 amide bonds. The number of hydrogen-bond donors (Lipinski definition) is 3. The number of carbonyl (C=O) groups excluding carboxylic acids is 1. The molecule has 1 aliphatic carbocycles. The summed E-state index contributed by atoms with van der Waals surface area (Å²) in [6.45, 7) is 1.83. The van der Waals surface area contributed by atoms with E-state index in [1.54, 1.807) is 0 Å². The Labute approximate surface area is 139 Å². The number of aliphatic hydroxyl groups excluding tert-OH is 1. The Morgan fingerprint density at radius 1 is 1.32 bits per heavy atom. The fourth-order valence-electron chi connectivity index (χ4n) is 3.41. The highest BCUT2D eigenvalue weighted by atomic mass is 35.5. The van der Waals surface area contributed by atoms with Gasteiger partial charge in [-0.25, -0.2) is 4.39 Å². The van der Waals surface area contributed by atoms with E-state index in [-0.39, 0.29) is 29.0 Å². The third kappa shape index (κ3) is 3.38. The largest absolute Gasteiger partial charge is 0.391 e. The van der Waals surface area contributed by atoms with Crippen molar-refractivity contribution < 1.29 is 14.3 Å². The van der Waals surface area contributed by atoms with Crippen LogP contribution in [0.2, 0.25) is 5.02 Å². The van der Waals surface area contributed by atoms with Gasteiger partial charge in [0.1, 0.15) is 5.82 Å². The van der Waals surface area contributed by atoms with Crippen LogP contribution in [-0.4, -0.2) is 36.2 Å². The molecule has 122 valence electrons. The van der Waals surface area contributed by atoms with E-state index in [4.69, 9.17) is 11.6 Å². The molecular weight excluding hydrogens is 330 g/mol. The van der Waals surface area contributed by atoms with Gasteiger partial charge in [0.15, 0.2) is 0 Å². The third-order valence-electron chi connectivity index (χ3n) is 4.55. The molecule has 1 aromatic carbocycles. The molecule has 1 aromatic rings. The first-order valence-corrected chi connectivity index (χ1v) is 7.57. The zero-order chi connectivity index (χ0) is 15.0. The summed E-state index contributed by atoms with van der Waals surface area (Å²) in [5.41, 5.74) is -0.155.